The highest BCUT2D eigenvalue weighted by molar-refractivity contribution is 7.87. The normalized spacial score (nSPS) is 26.2. The first-order chi connectivity index (χ1) is 37.3. The number of halogens is 3. The molecule has 17 heteroatoms. The van der Waals surface area contributed by atoms with Gasteiger partial charge in [-0.2, -0.15) is 21.6 Å². The third kappa shape index (κ3) is 15.6. The standard InChI is InChI=1S/C57H61F3O13S/c1-63-55-54(69-37-46-30-18-7-19-31-46)52(67-35-44-26-14-5-15-27-44)51(66-34-43-24-12-4-13-25-43)49(73-55)40-70-56-53(68-36-45-28-16-6-17-29-45)50(65-33-42-22-10-3-11-23-42)47(38-71-74(61,62)57(58,59)60)48(72-56)39-64-32-41-20-8-2-9-21-41/h2-31,47-56H,32-40H2,1H3/t47-,48-,49-,50+,51-,52+,53-,54-,55?,56+/m1/s1/i34D,35D,37D/t34?,35?,37?,47-,48-,49-,50+,51-,52+,53-,54-,55?,56+. The Morgan fingerprint density at radius 2 is 0.838 bits per heavy atom. The Hall–Kier alpha value is -5.38. The summed E-state index contributed by atoms with van der Waals surface area (Å²) in [7, 11) is -4.74. The van der Waals surface area contributed by atoms with Crippen LogP contribution in [0.3, 0.4) is 0 Å². The average Bonchev–Trinajstić information content (AvgIpc) is 3.46. The molecule has 2 aliphatic rings. The minimum Gasteiger partial charge on any atom is -0.374 e. The third-order valence-corrected chi connectivity index (χ3v) is 13.2. The van der Waals surface area contributed by atoms with Gasteiger partial charge in [-0.3, -0.25) is 4.18 Å². The van der Waals surface area contributed by atoms with Gasteiger partial charge in [-0.05, 0) is 33.4 Å². The molecule has 2 fully saturated rings. The summed E-state index contributed by atoms with van der Waals surface area (Å²) in [5.74, 6) is -1.30. The van der Waals surface area contributed by atoms with Crippen LogP contribution in [0.25, 0.3) is 0 Å². The molecule has 6 aromatic carbocycles. The topological polar surface area (TPSA) is 136 Å². The number of hydrogen-bond acceptors (Lipinski definition) is 13. The maximum Gasteiger partial charge on any atom is 0.523 e. The van der Waals surface area contributed by atoms with Crippen molar-refractivity contribution >= 4 is 10.1 Å². The second-order valence-electron chi connectivity index (χ2n) is 17.4. The van der Waals surface area contributed by atoms with E-state index in [1.807, 2.05) is 36.4 Å². The molecule has 0 N–H and O–H groups in total. The Labute approximate surface area is 434 Å². The Bertz CT molecular complexity index is 2750. The molecule has 0 bridgehead atoms. The molecule has 13 nitrogen and oxygen atoms in total. The van der Waals surface area contributed by atoms with Crippen molar-refractivity contribution in [2.45, 2.75) is 100 Å². The highest BCUT2D eigenvalue weighted by Gasteiger charge is 2.54. The SMILES string of the molecule is [2H]C(O[C@H]1[C@H](OC([2H])c2ccccc2)[C@@H](OC([2H])c2ccccc2)C(OC)O[C@@H]1CO[C@H]1O[C@H](COCc2ccccc2)[C@@H](COS(=O)(=O)C(F)(F)F)[C@H](OCc2ccccc2)[C@H]1OCc1ccccc1)c1ccccc1. The molecule has 6 aromatic rings. The first-order valence-electron chi connectivity index (χ1n) is 25.7. The molecule has 0 spiro atoms. The highest BCUT2D eigenvalue weighted by Crippen LogP contribution is 2.37. The maximum absolute atomic E-state index is 14.0. The number of ether oxygens (including phenoxy) is 10. The maximum atomic E-state index is 14.0. The summed E-state index contributed by atoms with van der Waals surface area (Å²) in [6.07, 6.45) is -11.8. The summed E-state index contributed by atoms with van der Waals surface area (Å²) in [4.78, 5) is 0. The smallest absolute Gasteiger partial charge is 0.374 e. The second-order valence-corrected chi connectivity index (χ2v) is 19.0. The molecule has 0 aliphatic carbocycles. The van der Waals surface area contributed by atoms with E-state index in [0.717, 1.165) is 5.56 Å². The zero-order valence-electron chi connectivity index (χ0n) is 43.4. The molecule has 0 saturated carbocycles. The minimum absolute atomic E-state index is 0.0429. The van der Waals surface area contributed by atoms with Crippen molar-refractivity contribution in [1.29, 1.82) is 0 Å². The highest BCUT2D eigenvalue weighted by atomic mass is 32.2. The van der Waals surface area contributed by atoms with Gasteiger partial charge >= 0.3 is 15.6 Å². The molecule has 8 rings (SSSR count). The predicted molar refractivity (Wildman–Crippen MR) is 266 cm³/mol. The Balaban J connectivity index is 1.18. The Morgan fingerprint density at radius 3 is 1.30 bits per heavy atom. The van der Waals surface area contributed by atoms with Crippen molar-refractivity contribution in [1.82, 2.24) is 0 Å². The molecular weight excluding hydrogens is 982 g/mol. The molecule has 13 atom stereocenters. The van der Waals surface area contributed by atoms with E-state index in [4.69, 9.17) is 52.9 Å². The van der Waals surface area contributed by atoms with Crippen molar-refractivity contribution in [3.63, 3.8) is 0 Å². The molecular formula is C57H61F3O13S. The zero-order chi connectivity index (χ0) is 54.2. The number of methoxy groups -OCH3 is 1. The first-order valence-corrected chi connectivity index (χ1v) is 25.4. The zero-order valence-corrected chi connectivity index (χ0v) is 41.2. The fraction of sp³-hybridized carbons (Fsp3) is 0.368. The largest absolute Gasteiger partial charge is 0.523 e. The van der Waals surface area contributed by atoms with E-state index in [1.54, 1.807) is 146 Å². The Morgan fingerprint density at radius 1 is 0.446 bits per heavy atom. The molecule has 0 aromatic heterocycles. The lowest BCUT2D eigenvalue weighted by Crippen LogP contribution is -2.63. The van der Waals surface area contributed by atoms with E-state index >= 15 is 0 Å². The van der Waals surface area contributed by atoms with Crippen molar-refractivity contribution in [3.8, 4) is 0 Å². The molecule has 2 heterocycles. The van der Waals surface area contributed by atoms with Crippen LogP contribution in [0.15, 0.2) is 182 Å². The summed E-state index contributed by atoms with van der Waals surface area (Å²) in [5.41, 5.74) is -2.16. The molecule has 394 valence electrons. The summed E-state index contributed by atoms with van der Waals surface area (Å²) < 4.78 is 165. The summed E-state index contributed by atoms with van der Waals surface area (Å²) in [6, 6.07) is 53.3. The fourth-order valence-electron chi connectivity index (χ4n) is 8.41. The van der Waals surface area contributed by atoms with Gasteiger partial charge in [0.1, 0.15) is 30.5 Å². The predicted octanol–water partition coefficient (Wildman–Crippen LogP) is 9.73. The van der Waals surface area contributed by atoms with E-state index in [0.29, 0.717) is 27.8 Å². The van der Waals surface area contributed by atoms with Gasteiger partial charge in [0.25, 0.3) is 0 Å². The summed E-state index contributed by atoms with van der Waals surface area (Å²) in [5, 5.41) is 0. The molecule has 0 radical (unpaired) electrons. The average molecular weight is 1050 g/mol. The molecule has 2 aliphatic heterocycles. The van der Waals surface area contributed by atoms with Gasteiger partial charge in [0.2, 0.25) is 0 Å². The van der Waals surface area contributed by atoms with Crippen molar-refractivity contribution in [2.24, 2.45) is 5.92 Å². The fourth-order valence-corrected chi connectivity index (χ4v) is 8.88. The molecule has 74 heavy (non-hydrogen) atoms. The number of benzene rings is 6. The van der Waals surface area contributed by atoms with E-state index in [2.05, 4.69) is 0 Å². The van der Waals surface area contributed by atoms with E-state index in [1.165, 1.54) is 7.11 Å². The lowest BCUT2D eigenvalue weighted by molar-refractivity contribution is -0.345. The third-order valence-electron chi connectivity index (χ3n) is 12.2. The first kappa shape index (κ1) is 50.8. The van der Waals surface area contributed by atoms with Crippen molar-refractivity contribution in [3.05, 3.63) is 215 Å². The van der Waals surface area contributed by atoms with Gasteiger partial charge in [0, 0.05) is 13.0 Å². The van der Waals surface area contributed by atoms with Crippen LogP contribution in [0.1, 0.15) is 37.5 Å². The Kier molecular flexibility index (Phi) is 18.8. The van der Waals surface area contributed by atoms with E-state index < -0.39 is 110 Å². The quantitative estimate of drug-likeness (QED) is 0.0377. The van der Waals surface area contributed by atoms with Crippen LogP contribution < -0.4 is 0 Å². The van der Waals surface area contributed by atoms with E-state index in [9.17, 15) is 24.3 Å². The van der Waals surface area contributed by atoms with Crippen LogP contribution in [0, 0.1) is 5.92 Å². The van der Waals surface area contributed by atoms with Crippen LogP contribution >= 0.6 is 0 Å². The second kappa shape index (κ2) is 27.4. The monoisotopic (exact) mass is 1050 g/mol. The molecule has 0 amide bonds. The van der Waals surface area contributed by atoms with Gasteiger partial charge in [-0.15, -0.1) is 0 Å². The van der Waals surface area contributed by atoms with Crippen LogP contribution in [-0.2, 0) is 101 Å². The van der Waals surface area contributed by atoms with Gasteiger partial charge in [0.05, 0.1) is 75.7 Å². The molecule has 4 unspecified atom stereocenters. The van der Waals surface area contributed by atoms with Gasteiger partial charge in [0.15, 0.2) is 12.6 Å². The van der Waals surface area contributed by atoms with Crippen LogP contribution in [-0.4, -0.2) is 96.2 Å². The summed E-state index contributed by atoms with van der Waals surface area (Å²) >= 11 is 0. The van der Waals surface area contributed by atoms with E-state index in [-0.39, 0.29) is 26.4 Å². The lowest BCUT2D eigenvalue weighted by atomic mass is 9.89. The number of alkyl halides is 3. The van der Waals surface area contributed by atoms with Crippen molar-refractivity contribution < 1.29 is 77.3 Å². The van der Waals surface area contributed by atoms with Gasteiger partial charge < -0.3 is 47.4 Å². The van der Waals surface area contributed by atoms with Crippen LogP contribution in [0.4, 0.5) is 13.2 Å². The number of rotatable bonds is 26. The van der Waals surface area contributed by atoms with Crippen molar-refractivity contribution in [2.75, 3.05) is 26.9 Å². The molecule has 2 saturated heterocycles. The van der Waals surface area contributed by atoms with Gasteiger partial charge in [-0.25, -0.2) is 0 Å². The summed E-state index contributed by atoms with van der Waals surface area (Å²) in [6.45, 7) is -6.00. The number of hydrogen-bond donors (Lipinski definition) is 0. The van der Waals surface area contributed by atoms with Gasteiger partial charge in [-0.1, -0.05) is 182 Å². The van der Waals surface area contributed by atoms with Crippen LogP contribution in [0.2, 0.25) is 0 Å². The lowest BCUT2D eigenvalue weighted by Gasteiger charge is -2.48. The minimum atomic E-state index is -6.12. The van der Waals surface area contributed by atoms with Crippen LogP contribution in [0.5, 0.6) is 0 Å².